The Labute approximate surface area is 57.1 Å². The van der Waals surface area contributed by atoms with Gasteiger partial charge in [-0.3, -0.25) is 0 Å². The molecule has 0 spiro atoms. The molecule has 2 nitrogen and oxygen atoms in total. The smallest absolute Gasteiger partial charge is 0.160 e. The quantitative estimate of drug-likeness (QED) is 0.611. The standard InChI is InChI=1S/C6H13O2P/c1-5(2)6(3,4)9(7)8/h5H,1-4H3/p+1. The molecule has 0 fully saturated rings. The van der Waals surface area contributed by atoms with Gasteiger partial charge in [-0.15, -0.1) is 0 Å². The van der Waals surface area contributed by atoms with Crippen molar-refractivity contribution in [1.82, 2.24) is 0 Å². The molecule has 0 aromatic heterocycles. The lowest BCUT2D eigenvalue weighted by Gasteiger charge is -2.13. The van der Waals surface area contributed by atoms with Gasteiger partial charge in [0.25, 0.3) is 0 Å². The molecule has 0 aliphatic rings. The SMILES string of the molecule is CC(C)C(C)(C)[P+](=O)O. The Morgan fingerprint density at radius 2 is 1.78 bits per heavy atom. The van der Waals surface area contributed by atoms with Crippen molar-refractivity contribution < 1.29 is 9.46 Å². The third-order valence-corrected chi connectivity index (χ3v) is 3.41. The molecule has 0 aliphatic carbocycles. The van der Waals surface area contributed by atoms with Crippen LogP contribution in [0.4, 0.5) is 0 Å². The van der Waals surface area contributed by atoms with Gasteiger partial charge in [0, 0.05) is 5.92 Å². The zero-order valence-corrected chi connectivity index (χ0v) is 7.27. The van der Waals surface area contributed by atoms with E-state index in [-0.39, 0.29) is 5.92 Å². The van der Waals surface area contributed by atoms with E-state index in [4.69, 9.17) is 4.89 Å². The summed E-state index contributed by atoms with van der Waals surface area (Å²) in [5, 5.41) is -0.435. The number of hydrogen-bond donors (Lipinski definition) is 1. The topological polar surface area (TPSA) is 37.3 Å². The Morgan fingerprint density at radius 3 is 1.78 bits per heavy atom. The fourth-order valence-electron chi connectivity index (χ4n) is 0.221. The van der Waals surface area contributed by atoms with E-state index in [1.807, 2.05) is 13.8 Å². The van der Waals surface area contributed by atoms with Gasteiger partial charge in [0.05, 0.1) is 0 Å². The second-order valence-corrected chi connectivity index (χ2v) is 4.78. The van der Waals surface area contributed by atoms with Crippen LogP contribution in [0, 0.1) is 5.92 Å². The summed E-state index contributed by atoms with van der Waals surface area (Å²) in [7, 11) is -2.03. The summed E-state index contributed by atoms with van der Waals surface area (Å²) in [6, 6.07) is 0. The first kappa shape index (κ1) is 9.06. The molecule has 0 bridgehead atoms. The van der Waals surface area contributed by atoms with Gasteiger partial charge in [0.2, 0.25) is 0 Å². The molecule has 0 aromatic rings. The highest BCUT2D eigenvalue weighted by Crippen LogP contribution is 2.40. The van der Waals surface area contributed by atoms with E-state index in [2.05, 4.69) is 0 Å². The van der Waals surface area contributed by atoms with Crippen LogP contribution in [-0.2, 0) is 4.57 Å². The number of hydrogen-bond acceptors (Lipinski definition) is 1. The van der Waals surface area contributed by atoms with Crippen molar-refractivity contribution in [3.8, 4) is 0 Å². The molecular weight excluding hydrogens is 135 g/mol. The van der Waals surface area contributed by atoms with Crippen molar-refractivity contribution in [2.24, 2.45) is 5.92 Å². The zero-order valence-electron chi connectivity index (χ0n) is 6.38. The van der Waals surface area contributed by atoms with Crippen LogP contribution in [0.15, 0.2) is 0 Å². The monoisotopic (exact) mass is 149 g/mol. The fourth-order valence-corrected chi connectivity index (χ4v) is 0.663. The van der Waals surface area contributed by atoms with E-state index in [9.17, 15) is 4.57 Å². The first-order valence-electron chi connectivity index (χ1n) is 3.05. The van der Waals surface area contributed by atoms with Crippen molar-refractivity contribution in [2.75, 3.05) is 0 Å². The average Bonchev–Trinajstić information content (AvgIpc) is 1.65. The molecule has 9 heavy (non-hydrogen) atoms. The molecule has 0 aliphatic heterocycles. The van der Waals surface area contributed by atoms with Crippen LogP contribution in [0.3, 0.4) is 0 Å². The minimum atomic E-state index is -2.03. The molecule has 0 radical (unpaired) electrons. The maximum Gasteiger partial charge on any atom is 0.511 e. The normalized spacial score (nSPS) is 14.2. The van der Waals surface area contributed by atoms with Crippen LogP contribution >= 0.6 is 8.03 Å². The molecular formula is C6H14O2P+. The molecule has 1 atom stereocenters. The molecule has 0 saturated carbocycles. The first-order valence-corrected chi connectivity index (χ1v) is 4.26. The summed E-state index contributed by atoms with van der Waals surface area (Å²) in [5.74, 6) is 0.256. The number of rotatable bonds is 2. The highest BCUT2D eigenvalue weighted by molar-refractivity contribution is 7.40. The fraction of sp³-hybridized carbons (Fsp3) is 1.00. The lowest BCUT2D eigenvalue weighted by Crippen LogP contribution is -2.21. The Morgan fingerprint density at radius 1 is 1.44 bits per heavy atom. The molecule has 0 heterocycles. The van der Waals surface area contributed by atoms with Crippen molar-refractivity contribution in [1.29, 1.82) is 0 Å². The second kappa shape index (κ2) is 2.76. The van der Waals surface area contributed by atoms with Gasteiger partial charge in [0.1, 0.15) is 0 Å². The minimum absolute atomic E-state index is 0.256. The van der Waals surface area contributed by atoms with E-state index in [0.717, 1.165) is 0 Å². The summed E-state index contributed by atoms with van der Waals surface area (Å²) in [5.41, 5.74) is 0. The minimum Gasteiger partial charge on any atom is -0.160 e. The van der Waals surface area contributed by atoms with Crippen LogP contribution in [0.25, 0.3) is 0 Å². The highest BCUT2D eigenvalue weighted by Gasteiger charge is 2.41. The van der Waals surface area contributed by atoms with Crippen molar-refractivity contribution in [3.05, 3.63) is 0 Å². The zero-order chi connectivity index (χ0) is 7.65. The van der Waals surface area contributed by atoms with E-state index in [1.165, 1.54) is 0 Å². The Balaban J connectivity index is 4.19. The largest absolute Gasteiger partial charge is 0.511 e. The van der Waals surface area contributed by atoms with Gasteiger partial charge in [-0.2, -0.15) is 4.89 Å². The molecule has 0 amide bonds. The molecule has 0 aromatic carbocycles. The molecule has 1 unspecified atom stereocenters. The summed E-state index contributed by atoms with van der Waals surface area (Å²) in [6.07, 6.45) is 0. The van der Waals surface area contributed by atoms with Crippen LogP contribution in [0.2, 0.25) is 0 Å². The third-order valence-electron chi connectivity index (χ3n) is 1.91. The Bertz CT molecular complexity index is 118. The van der Waals surface area contributed by atoms with Crippen molar-refractivity contribution >= 4 is 8.03 Å². The van der Waals surface area contributed by atoms with Crippen LogP contribution in [0.5, 0.6) is 0 Å². The van der Waals surface area contributed by atoms with E-state index in [0.29, 0.717) is 0 Å². The van der Waals surface area contributed by atoms with Gasteiger partial charge in [-0.1, -0.05) is 13.8 Å². The first-order chi connectivity index (χ1) is 3.89. The van der Waals surface area contributed by atoms with Gasteiger partial charge in [0.15, 0.2) is 5.16 Å². The van der Waals surface area contributed by atoms with Crippen LogP contribution < -0.4 is 0 Å². The maximum absolute atomic E-state index is 10.6. The van der Waals surface area contributed by atoms with E-state index in [1.54, 1.807) is 13.8 Å². The summed E-state index contributed by atoms with van der Waals surface area (Å²) < 4.78 is 10.6. The lowest BCUT2D eigenvalue weighted by molar-refractivity contribution is 0.409. The molecule has 1 N–H and O–H groups in total. The molecule has 3 heteroatoms. The average molecular weight is 149 g/mol. The predicted molar refractivity (Wildman–Crippen MR) is 38.7 cm³/mol. The predicted octanol–water partition coefficient (Wildman–Crippen LogP) is 2.16. The maximum atomic E-state index is 10.6. The summed E-state index contributed by atoms with van der Waals surface area (Å²) in [6.45, 7) is 7.50. The molecule has 54 valence electrons. The van der Waals surface area contributed by atoms with E-state index >= 15 is 0 Å². The molecule has 0 saturated heterocycles. The van der Waals surface area contributed by atoms with Gasteiger partial charge >= 0.3 is 8.03 Å². The van der Waals surface area contributed by atoms with Gasteiger partial charge < -0.3 is 0 Å². The summed E-state index contributed by atoms with van der Waals surface area (Å²) >= 11 is 0. The van der Waals surface area contributed by atoms with Gasteiger partial charge in [-0.25, -0.2) is 0 Å². The van der Waals surface area contributed by atoms with Crippen molar-refractivity contribution in [3.63, 3.8) is 0 Å². The van der Waals surface area contributed by atoms with Crippen LogP contribution in [-0.4, -0.2) is 10.0 Å². The lowest BCUT2D eigenvalue weighted by atomic mass is 10.00. The highest BCUT2D eigenvalue weighted by atomic mass is 31.1. The van der Waals surface area contributed by atoms with E-state index < -0.39 is 13.2 Å². The van der Waals surface area contributed by atoms with Gasteiger partial charge in [-0.05, 0) is 18.4 Å². The molecule has 0 rings (SSSR count). The Kier molecular flexibility index (Phi) is 2.78. The second-order valence-electron chi connectivity index (χ2n) is 3.08. The third kappa shape index (κ3) is 2.04. The Hall–Kier alpha value is 0.0600. The summed E-state index contributed by atoms with van der Waals surface area (Å²) in [4.78, 5) is 8.76. The van der Waals surface area contributed by atoms with Crippen LogP contribution in [0.1, 0.15) is 27.7 Å². The van der Waals surface area contributed by atoms with Crippen molar-refractivity contribution in [2.45, 2.75) is 32.9 Å².